The summed E-state index contributed by atoms with van der Waals surface area (Å²) in [6.07, 6.45) is 2.18. The van der Waals surface area contributed by atoms with Crippen molar-refractivity contribution in [2.24, 2.45) is 0 Å². The molecule has 0 atom stereocenters. The van der Waals surface area contributed by atoms with Gasteiger partial charge in [0.05, 0.1) is 4.92 Å². The number of benzene rings is 1. The monoisotopic (exact) mass is 328 g/mol. The van der Waals surface area contributed by atoms with Crippen molar-refractivity contribution < 1.29 is 4.92 Å². The highest BCUT2D eigenvalue weighted by atomic mass is 16.6. The Balaban J connectivity index is 2.01. The van der Waals surface area contributed by atoms with Crippen molar-refractivity contribution >= 4 is 23.0 Å². The molecule has 3 rings (SSSR count). The van der Waals surface area contributed by atoms with Crippen molar-refractivity contribution in [3.8, 4) is 0 Å². The summed E-state index contributed by atoms with van der Waals surface area (Å²) in [6, 6.07) is 7.87. The number of rotatable bonds is 4. The lowest BCUT2D eigenvalue weighted by Gasteiger charge is -2.22. The van der Waals surface area contributed by atoms with Gasteiger partial charge in [0, 0.05) is 17.8 Å². The summed E-state index contributed by atoms with van der Waals surface area (Å²) in [7, 11) is 0. The number of aromatic nitrogens is 2. The van der Waals surface area contributed by atoms with Gasteiger partial charge in [-0.2, -0.15) is 0 Å². The van der Waals surface area contributed by atoms with E-state index in [0.717, 1.165) is 17.7 Å². The molecular weight excluding hydrogens is 308 g/mol. The van der Waals surface area contributed by atoms with E-state index in [1.54, 1.807) is 0 Å². The van der Waals surface area contributed by atoms with Crippen LogP contribution in [0.2, 0.25) is 0 Å². The van der Waals surface area contributed by atoms with Gasteiger partial charge in [0.15, 0.2) is 0 Å². The molecule has 0 saturated carbocycles. The zero-order valence-corrected chi connectivity index (χ0v) is 13.9. The molecule has 2 N–H and O–H groups in total. The average molecular weight is 328 g/mol. The van der Waals surface area contributed by atoms with Crippen LogP contribution in [0.15, 0.2) is 30.6 Å². The van der Waals surface area contributed by atoms with E-state index in [-0.39, 0.29) is 17.0 Å². The van der Waals surface area contributed by atoms with Gasteiger partial charge in [-0.3, -0.25) is 15.5 Å². The molecule has 1 aromatic heterocycles. The molecular formula is C16H20N6O2. The first-order valence-corrected chi connectivity index (χ1v) is 7.75. The van der Waals surface area contributed by atoms with Crippen LogP contribution >= 0.6 is 0 Å². The summed E-state index contributed by atoms with van der Waals surface area (Å²) in [5.74, 6) is 0.461. The minimum Gasteiger partial charge on any atom is -0.320 e. The Morgan fingerprint density at radius 3 is 2.71 bits per heavy atom. The number of para-hydroxylation sites is 1. The Hall–Kier alpha value is -2.74. The van der Waals surface area contributed by atoms with Gasteiger partial charge in [-0.1, -0.05) is 18.2 Å². The number of nitrogens with one attached hydrogen (secondary N) is 2. The predicted molar refractivity (Wildman–Crippen MR) is 92.3 cm³/mol. The van der Waals surface area contributed by atoms with Crippen LogP contribution in [0, 0.1) is 10.1 Å². The van der Waals surface area contributed by atoms with Crippen LogP contribution in [-0.2, 0) is 6.42 Å². The third kappa shape index (κ3) is 3.13. The highest BCUT2D eigenvalue weighted by Gasteiger charge is 2.31. The predicted octanol–water partition coefficient (Wildman–Crippen LogP) is 2.79. The van der Waals surface area contributed by atoms with Crippen molar-refractivity contribution in [3.63, 3.8) is 0 Å². The van der Waals surface area contributed by atoms with E-state index < -0.39 is 4.92 Å². The molecule has 126 valence electrons. The molecule has 0 radical (unpaired) electrons. The van der Waals surface area contributed by atoms with Crippen LogP contribution in [0.5, 0.6) is 0 Å². The standard InChI is InChI=1S/C16H20N6O2/c1-16(2,3)20-19-14-13(22(23)24)15(18-10-17-14)21-9-8-11-6-4-5-7-12(11)21/h4-7,10,20H,8-9H2,1-3H3,(H,17,18,19). The average Bonchev–Trinajstić information content (AvgIpc) is 2.95. The van der Waals surface area contributed by atoms with E-state index in [0.29, 0.717) is 12.4 Å². The van der Waals surface area contributed by atoms with Gasteiger partial charge in [0.25, 0.3) is 0 Å². The van der Waals surface area contributed by atoms with Crippen LogP contribution in [0.1, 0.15) is 26.3 Å². The molecule has 0 bridgehead atoms. The van der Waals surface area contributed by atoms with Crippen molar-refractivity contribution in [1.82, 2.24) is 15.4 Å². The van der Waals surface area contributed by atoms with Gasteiger partial charge >= 0.3 is 5.69 Å². The summed E-state index contributed by atoms with van der Waals surface area (Å²) < 4.78 is 0. The molecule has 0 unspecified atom stereocenters. The maximum atomic E-state index is 11.7. The van der Waals surface area contributed by atoms with E-state index in [4.69, 9.17) is 0 Å². The van der Waals surface area contributed by atoms with Crippen LogP contribution in [0.3, 0.4) is 0 Å². The summed E-state index contributed by atoms with van der Waals surface area (Å²) in [6.45, 7) is 6.50. The Kier molecular flexibility index (Phi) is 4.06. The Morgan fingerprint density at radius 2 is 2.00 bits per heavy atom. The van der Waals surface area contributed by atoms with Crippen molar-refractivity contribution in [2.45, 2.75) is 32.7 Å². The van der Waals surface area contributed by atoms with E-state index in [2.05, 4.69) is 20.8 Å². The van der Waals surface area contributed by atoms with Crippen LogP contribution in [0.25, 0.3) is 0 Å². The normalized spacial score (nSPS) is 13.7. The zero-order chi connectivity index (χ0) is 17.3. The minimum absolute atomic E-state index is 0.133. The van der Waals surface area contributed by atoms with Crippen LogP contribution < -0.4 is 15.8 Å². The van der Waals surface area contributed by atoms with E-state index >= 15 is 0 Å². The SMILES string of the molecule is CC(C)(C)NNc1ncnc(N2CCc3ccccc32)c1[N+](=O)[O-]. The Bertz CT molecular complexity index is 771. The van der Waals surface area contributed by atoms with Crippen LogP contribution in [-0.4, -0.2) is 27.0 Å². The molecule has 0 saturated heterocycles. The molecule has 0 amide bonds. The Morgan fingerprint density at radius 1 is 1.25 bits per heavy atom. The van der Waals surface area contributed by atoms with Gasteiger partial charge in [0.2, 0.25) is 11.6 Å². The number of hydrogen-bond acceptors (Lipinski definition) is 7. The largest absolute Gasteiger partial charge is 0.355 e. The molecule has 8 nitrogen and oxygen atoms in total. The second-order valence-corrected chi connectivity index (χ2v) is 6.68. The van der Waals surface area contributed by atoms with Crippen molar-refractivity contribution in [1.29, 1.82) is 0 Å². The molecule has 1 aliphatic heterocycles. The molecule has 24 heavy (non-hydrogen) atoms. The summed E-state index contributed by atoms with van der Waals surface area (Å²) in [5, 5.41) is 11.7. The lowest BCUT2D eigenvalue weighted by Crippen LogP contribution is -2.40. The molecule has 8 heteroatoms. The quantitative estimate of drug-likeness (QED) is 0.658. The second kappa shape index (κ2) is 6.04. The molecule has 0 spiro atoms. The van der Waals surface area contributed by atoms with E-state index in [1.165, 1.54) is 6.33 Å². The first-order chi connectivity index (χ1) is 11.4. The number of nitrogens with zero attached hydrogens (tertiary/aromatic N) is 4. The maximum absolute atomic E-state index is 11.7. The molecule has 2 heterocycles. The maximum Gasteiger partial charge on any atom is 0.355 e. The third-order valence-corrected chi connectivity index (χ3v) is 3.68. The molecule has 0 fully saturated rings. The van der Waals surface area contributed by atoms with Gasteiger partial charge in [-0.05, 0) is 38.8 Å². The molecule has 1 aliphatic rings. The smallest absolute Gasteiger partial charge is 0.320 e. The van der Waals surface area contributed by atoms with Gasteiger partial charge in [-0.25, -0.2) is 15.4 Å². The fraction of sp³-hybridized carbons (Fsp3) is 0.375. The van der Waals surface area contributed by atoms with Gasteiger partial charge in [-0.15, -0.1) is 0 Å². The summed E-state index contributed by atoms with van der Waals surface area (Å²) in [5.41, 5.74) is 7.57. The first-order valence-electron chi connectivity index (χ1n) is 7.75. The number of hydrogen-bond donors (Lipinski definition) is 2. The lowest BCUT2D eigenvalue weighted by molar-refractivity contribution is -0.383. The van der Waals surface area contributed by atoms with Gasteiger partial charge in [0.1, 0.15) is 6.33 Å². The number of nitro groups is 1. The molecule has 2 aromatic rings. The third-order valence-electron chi connectivity index (χ3n) is 3.68. The number of anilines is 3. The van der Waals surface area contributed by atoms with E-state index in [9.17, 15) is 10.1 Å². The fourth-order valence-corrected chi connectivity index (χ4v) is 2.63. The summed E-state index contributed by atoms with van der Waals surface area (Å²) >= 11 is 0. The highest BCUT2D eigenvalue weighted by molar-refractivity contribution is 5.78. The second-order valence-electron chi connectivity index (χ2n) is 6.68. The first kappa shape index (κ1) is 16.1. The summed E-state index contributed by atoms with van der Waals surface area (Å²) in [4.78, 5) is 21.3. The van der Waals surface area contributed by atoms with E-state index in [1.807, 2.05) is 49.9 Å². The topological polar surface area (TPSA) is 96.2 Å². The highest BCUT2D eigenvalue weighted by Crippen LogP contribution is 2.39. The number of fused-ring (bicyclic) bond motifs is 1. The van der Waals surface area contributed by atoms with Crippen LogP contribution in [0.4, 0.5) is 23.0 Å². The van der Waals surface area contributed by atoms with Crippen molar-refractivity contribution in [3.05, 3.63) is 46.3 Å². The zero-order valence-electron chi connectivity index (χ0n) is 13.9. The fourth-order valence-electron chi connectivity index (χ4n) is 2.63. The lowest BCUT2D eigenvalue weighted by atomic mass is 10.1. The molecule has 0 aliphatic carbocycles. The number of hydrazine groups is 1. The Labute approximate surface area is 140 Å². The van der Waals surface area contributed by atoms with Gasteiger partial charge < -0.3 is 4.90 Å². The minimum atomic E-state index is -0.442. The van der Waals surface area contributed by atoms with Crippen molar-refractivity contribution in [2.75, 3.05) is 16.9 Å². The molecule has 1 aromatic carbocycles.